The standard InChI is InChI=1S/C27H44OS/c1-2-3-4-5-6-7-14-19-29-24-20-25(22-15-10-8-11-16-22)27(28)26(21-24)23-17-12-9-13-18-23/h20-23,28H,2-19H2,1H3. The van der Waals surface area contributed by atoms with Crippen LogP contribution in [0.3, 0.4) is 0 Å². The van der Waals surface area contributed by atoms with Gasteiger partial charge in [-0.2, -0.15) is 0 Å². The number of rotatable bonds is 11. The maximum absolute atomic E-state index is 11.2. The monoisotopic (exact) mass is 416 g/mol. The van der Waals surface area contributed by atoms with Crippen molar-refractivity contribution < 1.29 is 5.11 Å². The van der Waals surface area contributed by atoms with Crippen molar-refractivity contribution in [1.29, 1.82) is 0 Å². The lowest BCUT2D eigenvalue weighted by Gasteiger charge is -2.28. The van der Waals surface area contributed by atoms with Crippen LogP contribution in [-0.2, 0) is 0 Å². The van der Waals surface area contributed by atoms with Crippen molar-refractivity contribution >= 4 is 11.8 Å². The minimum atomic E-state index is 0.588. The van der Waals surface area contributed by atoms with Crippen LogP contribution in [0.15, 0.2) is 17.0 Å². The van der Waals surface area contributed by atoms with Crippen molar-refractivity contribution in [3.8, 4) is 5.75 Å². The molecular formula is C27H44OS. The lowest BCUT2D eigenvalue weighted by molar-refractivity contribution is 0.392. The van der Waals surface area contributed by atoms with Gasteiger partial charge in [-0.05, 0) is 73.0 Å². The van der Waals surface area contributed by atoms with Crippen molar-refractivity contribution in [2.75, 3.05) is 5.75 Å². The molecule has 0 radical (unpaired) electrons. The van der Waals surface area contributed by atoms with E-state index in [2.05, 4.69) is 19.1 Å². The molecule has 0 bridgehead atoms. The molecule has 2 heteroatoms. The van der Waals surface area contributed by atoms with E-state index in [4.69, 9.17) is 0 Å². The van der Waals surface area contributed by atoms with E-state index in [1.165, 1.54) is 131 Å². The Bertz CT molecular complexity index is 545. The second-order valence-electron chi connectivity index (χ2n) is 9.59. The molecule has 0 heterocycles. The second kappa shape index (κ2) is 12.9. The number of hydrogen-bond donors (Lipinski definition) is 1. The van der Waals surface area contributed by atoms with E-state index in [9.17, 15) is 5.11 Å². The quantitative estimate of drug-likeness (QED) is 0.286. The van der Waals surface area contributed by atoms with Crippen LogP contribution >= 0.6 is 11.8 Å². The molecule has 29 heavy (non-hydrogen) atoms. The van der Waals surface area contributed by atoms with Crippen molar-refractivity contribution in [2.24, 2.45) is 0 Å². The van der Waals surface area contributed by atoms with E-state index < -0.39 is 0 Å². The van der Waals surface area contributed by atoms with Crippen LogP contribution in [0.5, 0.6) is 5.75 Å². The fourth-order valence-corrected chi connectivity index (χ4v) is 6.44. The molecule has 2 aliphatic carbocycles. The number of thioether (sulfide) groups is 1. The Labute approximate surface area is 184 Å². The van der Waals surface area contributed by atoms with Gasteiger partial charge in [-0.25, -0.2) is 0 Å². The molecular weight excluding hydrogens is 372 g/mol. The molecule has 0 unspecified atom stereocenters. The van der Waals surface area contributed by atoms with E-state index in [1.54, 1.807) is 0 Å². The summed E-state index contributed by atoms with van der Waals surface area (Å²) in [6.07, 6.45) is 22.8. The molecule has 0 spiro atoms. The van der Waals surface area contributed by atoms with Crippen LogP contribution in [-0.4, -0.2) is 10.9 Å². The van der Waals surface area contributed by atoms with Crippen molar-refractivity contribution in [3.63, 3.8) is 0 Å². The average Bonchev–Trinajstić information content (AvgIpc) is 2.77. The van der Waals surface area contributed by atoms with Gasteiger partial charge in [0.2, 0.25) is 0 Å². The highest BCUT2D eigenvalue weighted by molar-refractivity contribution is 7.99. The summed E-state index contributed by atoms with van der Waals surface area (Å²) < 4.78 is 0. The maximum Gasteiger partial charge on any atom is 0.122 e. The van der Waals surface area contributed by atoms with E-state index >= 15 is 0 Å². The molecule has 0 aromatic heterocycles. The highest BCUT2D eigenvalue weighted by Gasteiger charge is 2.25. The molecule has 1 nitrogen and oxygen atoms in total. The maximum atomic E-state index is 11.2. The van der Waals surface area contributed by atoms with Crippen molar-refractivity contribution in [1.82, 2.24) is 0 Å². The van der Waals surface area contributed by atoms with E-state index in [-0.39, 0.29) is 0 Å². The summed E-state index contributed by atoms with van der Waals surface area (Å²) in [5.41, 5.74) is 2.57. The summed E-state index contributed by atoms with van der Waals surface area (Å²) in [6.45, 7) is 2.29. The van der Waals surface area contributed by atoms with Gasteiger partial charge in [0.15, 0.2) is 0 Å². The van der Waals surface area contributed by atoms with Crippen LogP contribution in [0.2, 0.25) is 0 Å². The third-order valence-electron chi connectivity index (χ3n) is 7.25. The zero-order valence-corrected chi connectivity index (χ0v) is 19.7. The molecule has 1 aromatic carbocycles. The Morgan fingerprint density at radius 3 is 1.72 bits per heavy atom. The van der Waals surface area contributed by atoms with E-state index in [0.717, 1.165) is 0 Å². The van der Waals surface area contributed by atoms with Gasteiger partial charge in [0.05, 0.1) is 0 Å². The second-order valence-corrected chi connectivity index (χ2v) is 10.8. The van der Waals surface area contributed by atoms with Gasteiger partial charge < -0.3 is 5.11 Å². The SMILES string of the molecule is CCCCCCCCCSc1cc(C2CCCCC2)c(O)c(C2CCCCC2)c1. The van der Waals surface area contributed by atoms with Gasteiger partial charge in [0.1, 0.15) is 5.75 Å². The summed E-state index contributed by atoms with van der Waals surface area (Å²) >= 11 is 2.04. The summed E-state index contributed by atoms with van der Waals surface area (Å²) in [5, 5.41) is 11.2. The zero-order chi connectivity index (χ0) is 20.3. The molecule has 3 rings (SSSR count). The average molecular weight is 417 g/mol. The lowest BCUT2D eigenvalue weighted by Crippen LogP contribution is -2.09. The smallest absolute Gasteiger partial charge is 0.122 e. The molecule has 0 amide bonds. The van der Waals surface area contributed by atoms with Crippen LogP contribution in [0.4, 0.5) is 0 Å². The zero-order valence-electron chi connectivity index (χ0n) is 18.9. The number of phenols is 1. The Kier molecular flexibility index (Phi) is 10.3. The number of unbranched alkanes of at least 4 members (excludes halogenated alkanes) is 6. The summed E-state index contributed by atoms with van der Waals surface area (Å²) in [5.74, 6) is 3.08. The third-order valence-corrected chi connectivity index (χ3v) is 8.31. The molecule has 2 aliphatic rings. The highest BCUT2D eigenvalue weighted by Crippen LogP contribution is 2.45. The van der Waals surface area contributed by atoms with Crippen LogP contribution < -0.4 is 0 Å². The van der Waals surface area contributed by atoms with Gasteiger partial charge in [0, 0.05) is 4.90 Å². The molecule has 164 valence electrons. The lowest BCUT2D eigenvalue weighted by atomic mass is 9.79. The van der Waals surface area contributed by atoms with Gasteiger partial charge in [0.25, 0.3) is 0 Å². The Morgan fingerprint density at radius 1 is 0.724 bits per heavy atom. The predicted octanol–water partition coefficient (Wildman–Crippen LogP) is 9.33. The fourth-order valence-electron chi connectivity index (χ4n) is 5.43. The first-order valence-corrected chi connectivity index (χ1v) is 13.8. The van der Waals surface area contributed by atoms with Crippen molar-refractivity contribution in [2.45, 2.75) is 133 Å². The molecule has 2 saturated carbocycles. The topological polar surface area (TPSA) is 20.2 Å². The van der Waals surface area contributed by atoms with E-state index in [0.29, 0.717) is 17.6 Å². The predicted molar refractivity (Wildman–Crippen MR) is 128 cm³/mol. The van der Waals surface area contributed by atoms with Gasteiger partial charge in [-0.15, -0.1) is 11.8 Å². The first-order chi connectivity index (χ1) is 14.3. The molecule has 0 aliphatic heterocycles. The number of hydrogen-bond acceptors (Lipinski definition) is 2. The first kappa shape index (κ1) is 23.0. The fraction of sp³-hybridized carbons (Fsp3) is 0.778. The molecule has 2 fully saturated rings. The Hall–Kier alpha value is -0.630. The largest absolute Gasteiger partial charge is 0.507 e. The Morgan fingerprint density at radius 2 is 1.21 bits per heavy atom. The molecule has 0 saturated heterocycles. The van der Waals surface area contributed by atoms with Crippen LogP contribution in [0, 0.1) is 0 Å². The highest BCUT2D eigenvalue weighted by atomic mass is 32.2. The summed E-state index contributed by atoms with van der Waals surface area (Å²) in [4.78, 5) is 1.43. The minimum absolute atomic E-state index is 0.588. The first-order valence-electron chi connectivity index (χ1n) is 12.8. The van der Waals surface area contributed by atoms with Gasteiger partial charge in [-0.3, -0.25) is 0 Å². The Balaban J connectivity index is 1.62. The number of phenolic OH excluding ortho intramolecular Hbond substituents is 1. The number of aromatic hydroxyl groups is 1. The summed E-state index contributed by atoms with van der Waals surface area (Å²) in [6, 6.07) is 4.73. The molecule has 0 atom stereocenters. The van der Waals surface area contributed by atoms with E-state index in [1.807, 2.05) is 11.8 Å². The van der Waals surface area contributed by atoms with Gasteiger partial charge >= 0.3 is 0 Å². The van der Waals surface area contributed by atoms with Crippen molar-refractivity contribution in [3.05, 3.63) is 23.3 Å². The van der Waals surface area contributed by atoms with Crippen LogP contribution in [0.25, 0.3) is 0 Å². The third kappa shape index (κ3) is 7.23. The van der Waals surface area contributed by atoms with Gasteiger partial charge in [-0.1, -0.05) is 84.0 Å². The molecule has 1 aromatic rings. The summed E-state index contributed by atoms with van der Waals surface area (Å²) in [7, 11) is 0. The normalized spacial score (nSPS) is 18.9. The number of benzene rings is 1. The van der Waals surface area contributed by atoms with Crippen LogP contribution in [0.1, 0.15) is 139 Å². The minimum Gasteiger partial charge on any atom is -0.507 e. The molecule has 1 N–H and O–H groups in total.